The number of methoxy groups -OCH3 is 1. The Balaban J connectivity index is 2.24. The second-order valence-corrected chi connectivity index (χ2v) is 4.02. The quantitative estimate of drug-likeness (QED) is 0.716. The highest BCUT2D eigenvalue weighted by atomic mass is 79.9. The van der Waals surface area contributed by atoms with Crippen LogP contribution in [0.2, 0.25) is 0 Å². The fourth-order valence-corrected chi connectivity index (χ4v) is 1.73. The zero-order valence-electron chi connectivity index (χ0n) is 6.85. The molecule has 0 aromatic heterocycles. The Labute approximate surface area is 76.3 Å². The van der Waals surface area contributed by atoms with Crippen LogP contribution < -0.4 is 0 Å². The molecule has 0 N–H and O–H groups in total. The molecule has 0 unspecified atom stereocenters. The second-order valence-electron chi connectivity index (χ2n) is 2.90. The maximum Gasteiger partial charge on any atom is 0.0710 e. The molecule has 0 amide bonds. The molecule has 1 atom stereocenters. The summed E-state index contributed by atoms with van der Waals surface area (Å²) in [6, 6.07) is 0. The number of hydrogen-bond acceptors (Lipinski definition) is 2. The first-order valence-electron chi connectivity index (χ1n) is 3.81. The molecule has 0 aliphatic carbocycles. The average molecular weight is 220 g/mol. The average Bonchev–Trinajstić information content (AvgIpc) is 2.34. The molecule has 11 heavy (non-hydrogen) atoms. The zero-order valence-corrected chi connectivity index (χ0v) is 8.43. The largest absolute Gasteiger partial charge is 0.380 e. The van der Waals surface area contributed by atoms with Gasteiger partial charge in [0.25, 0.3) is 0 Å². The van der Waals surface area contributed by atoms with Crippen LogP contribution in [0.4, 0.5) is 0 Å². The van der Waals surface area contributed by atoms with Crippen molar-refractivity contribution in [2.24, 2.45) is 0 Å². The first-order chi connectivity index (χ1) is 5.22. The lowest BCUT2D eigenvalue weighted by atomic mass is 10.3. The van der Waals surface area contributed by atoms with Gasteiger partial charge in [-0.25, -0.2) is 0 Å². The number of likely N-dealkylation sites (tertiary alicyclic amines) is 1. The highest BCUT2D eigenvalue weighted by Crippen LogP contribution is 2.14. The molecule has 1 saturated heterocycles. The van der Waals surface area contributed by atoms with Gasteiger partial charge in [-0.2, -0.15) is 0 Å². The van der Waals surface area contributed by atoms with Crippen LogP contribution in [0.1, 0.15) is 6.42 Å². The van der Waals surface area contributed by atoms with Crippen LogP contribution in [0.25, 0.3) is 0 Å². The molecule has 1 fully saturated rings. The third kappa shape index (κ3) is 2.93. The van der Waals surface area contributed by atoms with Gasteiger partial charge in [0, 0.05) is 31.2 Å². The van der Waals surface area contributed by atoms with Gasteiger partial charge in [-0.05, 0) is 6.42 Å². The molecular formula is C8H14BrNO. The molecule has 0 spiro atoms. The van der Waals surface area contributed by atoms with E-state index in [2.05, 4.69) is 27.4 Å². The lowest BCUT2D eigenvalue weighted by Crippen LogP contribution is -2.23. The van der Waals surface area contributed by atoms with E-state index in [0.717, 1.165) is 30.5 Å². The van der Waals surface area contributed by atoms with Crippen molar-refractivity contribution in [3.63, 3.8) is 0 Å². The van der Waals surface area contributed by atoms with E-state index in [1.54, 1.807) is 7.11 Å². The van der Waals surface area contributed by atoms with Crippen molar-refractivity contribution in [3.05, 3.63) is 11.1 Å². The van der Waals surface area contributed by atoms with Gasteiger partial charge < -0.3 is 4.74 Å². The van der Waals surface area contributed by atoms with Crippen molar-refractivity contribution in [1.29, 1.82) is 0 Å². The zero-order chi connectivity index (χ0) is 8.27. The molecular weight excluding hydrogens is 206 g/mol. The minimum absolute atomic E-state index is 0.432. The molecule has 1 rings (SSSR count). The van der Waals surface area contributed by atoms with E-state index in [1.165, 1.54) is 0 Å². The summed E-state index contributed by atoms with van der Waals surface area (Å²) in [4.78, 5) is 2.34. The molecule has 0 aromatic rings. The van der Waals surface area contributed by atoms with E-state index >= 15 is 0 Å². The number of nitrogens with zero attached hydrogens (tertiary/aromatic N) is 1. The Morgan fingerprint density at radius 3 is 3.00 bits per heavy atom. The molecule has 1 aliphatic rings. The number of halogens is 1. The molecule has 0 aromatic carbocycles. The highest BCUT2D eigenvalue weighted by Gasteiger charge is 2.21. The minimum atomic E-state index is 0.432. The number of ether oxygens (including phenoxy) is 1. The molecule has 1 heterocycles. The van der Waals surface area contributed by atoms with E-state index in [9.17, 15) is 0 Å². The Morgan fingerprint density at radius 1 is 1.82 bits per heavy atom. The second kappa shape index (κ2) is 4.24. The SMILES string of the molecule is C=C(Br)CN1CC[C@@H](OC)C1. The van der Waals surface area contributed by atoms with Crippen LogP contribution in [0.3, 0.4) is 0 Å². The van der Waals surface area contributed by atoms with Crippen LogP contribution in [0.15, 0.2) is 11.1 Å². The van der Waals surface area contributed by atoms with E-state index in [1.807, 2.05) is 0 Å². The third-order valence-electron chi connectivity index (χ3n) is 1.96. The molecule has 1 aliphatic heterocycles. The first kappa shape index (κ1) is 9.23. The summed E-state index contributed by atoms with van der Waals surface area (Å²) in [5.74, 6) is 0. The Kier molecular flexibility index (Phi) is 3.55. The highest BCUT2D eigenvalue weighted by molar-refractivity contribution is 9.11. The van der Waals surface area contributed by atoms with Gasteiger partial charge in [-0.15, -0.1) is 0 Å². The summed E-state index contributed by atoms with van der Waals surface area (Å²) in [6.45, 7) is 6.92. The van der Waals surface area contributed by atoms with Gasteiger partial charge in [0.05, 0.1) is 6.10 Å². The lowest BCUT2D eigenvalue weighted by molar-refractivity contribution is 0.109. The maximum absolute atomic E-state index is 5.24. The van der Waals surface area contributed by atoms with E-state index in [-0.39, 0.29) is 0 Å². The van der Waals surface area contributed by atoms with Gasteiger partial charge >= 0.3 is 0 Å². The van der Waals surface area contributed by atoms with Crippen molar-refractivity contribution in [2.45, 2.75) is 12.5 Å². The normalized spacial score (nSPS) is 25.8. The molecule has 0 saturated carbocycles. The van der Waals surface area contributed by atoms with Crippen LogP contribution >= 0.6 is 15.9 Å². The van der Waals surface area contributed by atoms with Gasteiger partial charge in [-0.1, -0.05) is 22.5 Å². The molecule has 0 bridgehead atoms. The molecule has 3 heteroatoms. The Bertz CT molecular complexity index is 149. The molecule has 0 radical (unpaired) electrons. The summed E-state index contributed by atoms with van der Waals surface area (Å²) in [5.41, 5.74) is 0. The molecule has 2 nitrogen and oxygen atoms in total. The monoisotopic (exact) mass is 219 g/mol. The van der Waals surface area contributed by atoms with Crippen molar-refractivity contribution in [3.8, 4) is 0 Å². The van der Waals surface area contributed by atoms with E-state index in [4.69, 9.17) is 4.74 Å². The van der Waals surface area contributed by atoms with Crippen LogP contribution in [0.5, 0.6) is 0 Å². The first-order valence-corrected chi connectivity index (χ1v) is 4.60. The van der Waals surface area contributed by atoms with Gasteiger partial charge in [0.1, 0.15) is 0 Å². The standard InChI is InChI=1S/C8H14BrNO/c1-7(9)5-10-4-3-8(6-10)11-2/h8H,1,3-6H2,2H3/t8-/m1/s1. The fraction of sp³-hybridized carbons (Fsp3) is 0.750. The Hall–Kier alpha value is 0.140. The van der Waals surface area contributed by atoms with Crippen molar-refractivity contribution < 1.29 is 4.74 Å². The number of hydrogen-bond donors (Lipinski definition) is 0. The van der Waals surface area contributed by atoms with E-state index < -0.39 is 0 Å². The minimum Gasteiger partial charge on any atom is -0.380 e. The summed E-state index contributed by atoms with van der Waals surface area (Å²) in [7, 11) is 1.77. The van der Waals surface area contributed by atoms with Crippen molar-refractivity contribution >= 4 is 15.9 Å². The maximum atomic E-state index is 5.24. The van der Waals surface area contributed by atoms with Crippen molar-refractivity contribution in [2.75, 3.05) is 26.7 Å². The van der Waals surface area contributed by atoms with Gasteiger partial charge in [0.2, 0.25) is 0 Å². The smallest absolute Gasteiger partial charge is 0.0710 e. The fourth-order valence-electron chi connectivity index (χ4n) is 1.38. The van der Waals surface area contributed by atoms with Gasteiger partial charge in [-0.3, -0.25) is 4.90 Å². The van der Waals surface area contributed by atoms with Crippen LogP contribution in [-0.2, 0) is 4.74 Å². The van der Waals surface area contributed by atoms with Gasteiger partial charge in [0.15, 0.2) is 0 Å². The Morgan fingerprint density at radius 2 is 2.55 bits per heavy atom. The topological polar surface area (TPSA) is 12.5 Å². The van der Waals surface area contributed by atoms with Crippen LogP contribution in [0, 0.1) is 0 Å². The van der Waals surface area contributed by atoms with E-state index in [0.29, 0.717) is 6.10 Å². The van der Waals surface area contributed by atoms with Crippen LogP contribution in [-0.4, -0.2) is 37.7 Å². The summed E-state index contributed by atoms with van der Waals surface area (Å²) in [6.07, 6.45) is 1.58. The number of rotatable bonds is 3. The predicted molar refractivity (Wildman–Crippen MR) is 49.9 cm³/mol. The summed E-state index contributed by atoms with van der Waals surface area (Å²) < 4.78 is 6.29. The summed E-state index contributed by atoms with van der Waals surface area (Å²) >= 11 is 3.35. The predicted octanol–water partition coefficient (Wildman–Crippen LogP) is 1.62. The molecule has 64 valence electrons. The third-order valence-corrected chi connectivity index (χ3v) is 2.21. The van der Waals surface area contributed by atoms with Crippen molar-refractivity contribution in [1.82, 2.24) is 4.90 Å². The lowest BCUT2D eigenvalue weighted by Gasteiger charge is -2.13. The summed E-state index contributed by atoms with van der Waals surface area (Å²) in [5, 5.41) is 0.